The molecule has 0 fully saturated rings. The van der Waals surface area contributed by atoms with E-state index in [4.69, 9.17) is 15.9 Å². The van der Waals surface area contributed by atoms with E-state index in [1.807, 2.05) is 13.0 Å². The third-order valence-corrected chi connectivity index (χ3v) is 4.40. The number of hydrogen-bond acceptors (Lipinski definition) is 3. The minimum Gasteiger partial charge on any atom is -0.478 e. The predicted molar refractivity (Wildman–Crippen MR) is 100 cm³/mol. The zero-order valence-corrected chi connectivity index (χ0v) is 15.4. The maximum Gasteiger partial charge on any atom is 0.328 e. The lowest BCUT2D eigenvalue weighted by molar-refractivity contribution is -0.134. The van der Waals surface area contributed by atoms with Crippen LogP contribution in [0.4, 0.5) is 4.39 Å². The van der Waals surface area contributed by atoms with Crippen LogP contribution in [0.1, 0.15) is 31.9 Å². The van der Waals surface area contributed by atoms with Gasteiger partial charge in [0.15, 0.2) is 0 Å². The molecule has 144 valence electrons. The van der Waals surface area contributed by atoms with Crippen molar-refractivity contribution in [2.24, 2.45) is 5.73 Å². The monoisotopic (exact) mass is 374 g/mol. The third-order valence-electron chi connectivity index (χ3n) is 4.40. The van der Waals surface area contributed by atoms with Gasteiger partial charge >= 0.3 is 11.9 Å². The van der Waals surface area contributed by atoms with E-state index >= 15 is 0 Å². The molecule has 2 aromatic rings. The van der Waals surface area contributed by atoms with Crippen molar-refractivity contribution in [2.75, 3.05) is 0 Å². The van der Waals surface area contributed by atoms with E-state index in [-0.39, 0.29) is 17.3 Å². The number of carboxylic acids is 2. The summed E-state index contributed by atoms with van der Waals surface area (Å²) < 4.78 is 15.7. The summed E-state index contributed by atoms with van der Waals surface area (Å²) in [7, 11) is 0. The fourth-order valence-corrected chi connectivity index (χ4v) is 3.28. The first-order chi connectivity index (χ1) is 12.5. The van der Waals surface area contributed by atoms with Gasteiger partial charge in [-0.2, -0.15) is 0 Å². The van der Waals surface area contributed by atoms with Gasteiger partial charge in [0, 0.05) is 41.9 Å². The molecule has 1 aromatic carbocycles. The van der Waals surface area contributed by atoms with Crippen LogP contribution in [0.3, 0.4) is 0 Å². The topological polar surface area (TPSA) is 106 Å². The van der Waals surface area contributed by atoms with Gasteiger partial charge in [0.05, 0.1) is 5.69 Å². The molecular formula is C20H23FN2O4. The maximum absolute atomic E-state index is 13.6. The first-order valence-corrected chi connectivity index (χ1v) is 8.43. The summed E-state index contributed by atoms with van der Waals surface area (Å²) in [4.78, 5) is 19.1. The average molecular weight is 374 g/mol. The Morgan fingerprint density at radius 2 is 1.78 bits per heavy atom. The average Bonchev–Trinajstić information content (AvgIpc) is 3.05. The van der Waals surface area contributed by atoms with Crippen molar-refractivity contribution >= 4 is 11.9 Å². The van der Waals surface area contributed by atoms with E-state index in [1.165, 1.54) is 11.1 Å². The number of rotatable bonds is 4. The highest BCUT2D eigenvalue weighted by Gasteiger charge is 2.37. The molecule has 6 nitrogen and oxygen atoms in total. The van der Waals surface area contributed by atoms with Crippen molar-refractivity contribution in [3.63, 3.8) is 0 Å². The zero-order chi connectivity index (χ0) is 20.4. The van der Waals surface area contributed by atoms with E-state index in [1.54, 1.807) is 12.1 Å². The van der Waals surface area contributed by atoms with Gasteiger partial charge in [0.1, 0.15) is 5.82 Å². The highest BCUT2D eigenvalue weighted by Crippen LogP contribution is 2.49. The quantitative estimate of drug-likeness (QED) is 0.714. The molecular weight excluding hydrogens is 351 g/mol. The summed E-state index contributed by atoms with van der Waals surface area (Å²) in [6.45, 7) is 7.11. The lowest BCUT2D eigenvalue weighted by Crippen LogP contribution is -2.22. The Balaban J connectivity index is 0.000000279. The summed E-state index contributed by atoms with van der Waals surface area (Å²) in [6.07, 6.45) is 3.17. The molecule has 0 spiro atoms. The lowest BCUT2D eigenvalue weighted by atomic mass is 9.83. The molecule has 1 aliphatic rings. The van der Waals surface area contributed by atoms with Crippen molar-refractivity contribution in [3.05, 3.63) is 59.6 Å². The number of carboxylic acid groups (broad SMARTS) is 2. The lowest BCUT2D eigenvalue weighted by Gasteiger charge is -2.19. The number of halogens is 1. The first kappa shape index (κ1) is 20.4. The molecule has 3 rings (SSSR count). The second kappa shape index (κ2) is 7.75. The summed E-state index contributed by atoms with van der Waals surface area (Å²) in [6, 6.07) is 7.30. The molecule has 27 heavy (non-hydrogen) atoms. The van der Waals surface area contributed by atoms with Crippen molar-refractivity contribution in [1.29, 1.82) is 0 Å². The SMILES string of the molecule is C[C@H](N)Cn1ccc2c1-c1cc(F)ccc1C2(C)C.O=C(O)/C=C/C(=O)O. The van der Waals surface area contributed by atoms with Crippen LogP contribution in [-0.4, -0.2) is 32.8 Å². The third kappa shape index (κ3) is 4.43. The molecule has 4 N–H and O–H groups in total. The summed E-state index contributed by atoms with van der Waals surface area (Å²) in [5.41, 5.74) is 10.4. The Kier molecular flexibility index (Phi) is 5.85. The second-order valence-electron chi connectivity index (χ2n) is 7.03. The fraction of sp³-hybridized carbons (Fsp3) is 0.300. The molecule has 0 unspecified atom stereocenters. The standard InChI is InChI=1S/C16H19FN2.C4H4O4/c1-10(18)9-19-7-6-14-15(19)12-8-11(17)4-5-13(12)16(14,2)3;5-3(6)1-2-4(7)8/h4-8,10H,9,18H2,1-3H3;1-2H,(H,5,6)(H,7,8)/b;2-1+/t10-;/m0./s1. The minimum atomic E-state index is -1.26. The number of carbonyl (C=O) groups is 2. The fourth-order valence-electron chi connectivity index (χ4n) is 3.28. The van der Waals surface area contributed by atoms with E-state index in [9.17, 15) is 14.0 Å². The molecule has 0 radical (unpaired) electrons. The first-order valence-electron chi connectivity index (χ1n) is 8.43. The molecule has 7 heteroatoms. The van der Waals surface area contributed by atoms with Crippen molar-refractivity contribution in [2.45, 2.75) is 38.8 Å². The second-order valence-corrected chi connectivity index (χ2v) is 7.03. The van der Waals surface area contributed by atoms with Gasteiger partial charge in [-0.25, -0.2) is 14.0 Å². The van der Waals surface area contributed by atoms with Gasteiger partial charge in [0.2, 0.25) is 0 Å². The van der Waals surface area contributed by atoms with E-state index in [2.05, 4.69) is 30.7 Å². The molecule has 1 aliphatic carbocycles. The number of nitrogens with two attached hydrogens (primary N) is 1. The van der Waals surface area contributed by atoms with Gasteiger partial charge in [-0.3, -0.25) is 0 Å². The predicted octanol–water partition coefficient (Wildman–Crippen LogP) is 2.99. The number of hydrogen-bond donors (Lipinski definition) is 3. The van der Waals surface area contributed by atoms with E-state index in [0.717, 1.165) is 17.8 Å². The number of fused-ring (bicyclic) bond motifs is 3. The molecule has 1 atom stereocenters. The van der Waals surface area contributed by atoms with Crippen LogP contribution in [0.25, 0.3) is 11.3 Å². The molecule has 0 saturated heterocycles. The van der Waals surface area contributed by atoms with Crippen molar-refractivity contribution in [1.82, 2.24) is 4.57 Å². The van der Waals surface area contributed by atoms with Crippen LogP contribution in [0.15, 0.2) is 42.6 Å². The van der Waals surface area contributed by atoms with Gasteiger partial charge < -0.3 is 20.5 Å². The van der Waals surface area contributed by atoms with Crippen LogP contribution in [0.2, 0.25) is 0 Å². The smallest absolute Gasteiger partial charge is 0.328 e. The zero-order valence-electron chi connectivity index (χ0n) is 15.4. The molecule has 1 heterocycles. The number of benzene rings is 1. The van der Waals surface area contributed by atoms with Crippen LogP contribution in [0.5, 0.6) is 0 Å². The molecule has 0 amide bonds. The number of nitrogens with zero attached hydrogens (tertiary/aromatic N) is 1. The summed E-state index contributed by atoms with van der Waals surface area (Å²) >= 11 is 0. The maximum atomic E-state index is 13.6. The van der Waals surface area contributed by atoms with Crippen LogP contribution >= 0.6 is 0 Å². The Morgan fingerprint density at radius 3 is 2.30 bits per heavy atom. The van der Waals surface area contributed by atoms with E-state index < -0.39 is 11.9 Å². The van der Waals surface area contributed by atoms with E-state index in [0.29, 0.717) is 12.2 Å². The highest BCUT2D eigenvalue weighted by atomic mass is 19.1. The highest BCUT2D eigenvalue weighted by molar-refractivity contribution is 5.89. The van der Waals surface area contributed by atoms with Crippen LogP contribution in [-0.2, 0) is 21.5 Å². The van der Waals surface area contributed by atoms with Crippen LogP contribution < -0.4 is 5.73 Å². The Labute approximate surface area is 156 Å². The van der Waals surface area contributed by atoms with Gasteiger partial charge in [-0.1, -0.05) is 19.9 Å². The molecule has 0 bridgehead atoms. The van der Waals surface area contributed by atoms with Gasteiger partial charge in [-0.15, -0.1) is 0 Å². The van der Waals surface area contributed by atoms with Crippen molar-refractivity contribution in [3.8, 4) is 11.3 Å². The summed E-state index contributed by atoms with van der Waals surface area (Å²) in [5, 5.41) is 15.6. The molecule has 0 aliphatic heterocycles. The van der Waals surface area contributed by atoms with Crippen molar-refractivity contribution < 1.29 is 24.2 Å². The number of aliphatic carboxylic acids is 2. The Hall–Kier alpha value is -2.93. The minimum absolute atomic E-state index is 0.0680. The van der Waals surface area contributed by atoms with Gasteiger partial charge in [-0.05, 0) is 36.2 Å². The summed E-state index contributed by atoms with van der Waals surface area (Å²) in [5.74, 6) is -2.70. The molecule has 0 saturated carbocycles. The number of aromatic nitrogens is 1. The van der Waals surface area contributed by atoms with Gasteiger partial charge in [0.25, 0.3) is 0 Å². The Morgan fingerprint density at radius 1 is 1.19 bits per heavy atom. The van der Waals surface area contributed by atoms with Crippen LogP contribution in [0, 0.1) is 5.82 Å². The largest absolute Gasteiger partial charge is 0.478 e. The normalized spacial score (nSPS) is 14.9. The Bertz CT molecular complexity index is 881. The molecule has 1 aromatic heterocycles.